The quantitative estimate of drug-likeness (QED) is 0.845. The predicted molar refractivity (Wildman–Crippen MR) is 74.6 cm³/mol. The molecule has 19 heavy (non-hydrogen) atoms. The van der Waals surface area contributed by atoms with Crippen LogP contribution in [0.4, 0.5) is 4.39 Å². The van der Waals surface area contributed by atoms with Crippen molar-refractivity contribution in [2.75, 3.05) is 14.2 Å². The molecule has 0 heterocycles. The molecule has 1 aromatic rings. The van der Waals surface area contributed by atoms with Gasteiger partial charge in [0, 0.05) is 11.6 Å². The lowest BCUT2D eigenvalue weighted by Gasteiger charge is -2.20. The van der Waals surface area contributed by atoms with Gasteiger partial charge in [0.1, 0.15) is 5.82 Å². The van der Waals surface area contributed by atoms with Gasteiger partial charge in [-0.1, -0.05) is 13.3 Å². The van der Waals surface area contributed by atoms with Crippen molar-refractivity contribution in [2.24, 2.45) is 5.73 Å². The van der Waals surface area contributed by atoms with Gasteiger partial charge in [0.25, 0.3) is 0 Å². The molecular formula is C13H21ClFNO3. The Bertz CT molecular complexity index is 404. The Morgan fingerprint density at radius 3 is 2.26 bits per heavy atom. The maximum absolute atomic E-state index is 13.9. The molecule has 0 aromatic heterocycles. The third-order valence-corrected chi connectivity index (χ3v) is 2.86. The highest BCUT2D eigenvalue weighted by Gasteiger charge is 2.22. The summed E-state index contributed by atoms with van der Waals surface area (Å²) in [5.41, 5.74) is 6.08. The van der Waals surface area contributed by atoms with Crippen molar-refractivity contribution in [1.82, 2.24) is 0 Å². The molecule has 3 N–H and O–H groups in total. The van der Waals surface area contributed by atoms with Crippen LogP contribution in [0.2, 0.25) is 0 Å². The molecule has 110 valence electrons. The van der Waals surface area contributed by atoms with Gasteiger partial charge in [-0.2, -0.15) is 0 Å². The first-order valence-electron chi connectivity index (χ1n) is 5.90. The predicted octanol–water partition coefficient (Wildman–Crippen LogP) is 2.43. The van der Waals surface area contributed by atoms with E-state index in [1.807, 2.05) is 6.92 Å². The molecule has 0 unspecified atom stereocenters. The van der Waals surface area contributed by atoms with E-state index in [0.29, 0.717) is 17.9 Å². The Hall–Kier alpha value is -1.04. The van der Waals surface area contributed by atoms with Crippen molar-refractivity contribution in [3.63, 3.8) is 0 Å². The number of aliphatic hydroxyl groups excluding tert-OH is 1. The van der Waals surface area contributed by atoms with E-state index < -0.39 is 18.0 Å². The molecule has 1 rings (SSSR count). The number of benzene rings is 1. The van der Waals surface area contributed by atoms with Crippen molar-refractivity contribution in [3.8, 4) is 11.5 Å². The van der Waals surface area contributed by atoms with E-state index in [1.165, 1.54) is 26.4 Å². The highest BCUT2D eigenvalue weighted by atomic mass is 35.5. The fraction of sp³-hybridized carbons (Fsp3) is 0.538. The van der Waals surface area contributed by atoms with E-state index in [1.54, 1.807) is 0 Å². The first-order chi connectivity index (χ1) is 8.54. The van der Waals surface area contributed by atoms with Crippen LogP contribution in [0.15, 0.2) is 12.1 Å². The van der Waals surface area contributed by atoms with Crippen LogP contribution >= 0.6 is 12.4 Å². The third-order valence-electron chi connectivity index (χ3n) is 2.86. The van der Waals surface area contributed by atoms with Crippen molar-refractivity contribution in [1.29, 1.82) is 0 Å². The Morgan fingerprint density at radius 2 is 1.79 bits per heavy atom. The maximum atomic E-state index is 13.9. The minimum absolute atomic E-state index is 0. The summed E-state index contributed by atoms with van der Waals surface area (Å²) >= 11 is 0. The van der Waals surface area contributed by atoms with Gasteiger partial charge in [0.15, 0.2) is 11.5 Å². The summed E-state index contributed by atoms with van der Waals surface area (Å²) in [4.78, 5) is 0. The first kappa shape index (κ1) is 18.0. The van der Waals surface area contributed by atoms with Crippen LogP contribution in [0, 0.1) is 5.82 Å². The SMILES string of the molecule is CCC[C@H](O)[C@H](N)c1cc(OC)c(OC)cc1F.Cl. The number of ether oxygens (including phenoxy) is 2. The average Bonchev–Trinajstić information content (AvgIpc) is 2.37. The van der Waals surface area contributed by atoms with Crippen molar-refractivity contribution in [3.05, 3.63) is 23.5 Å². The van der Waals surface area contributed by atoms with Crippen LogP contribution in [0.1, 0.15) is 31.4 Å². The smallest absolute Gasteiger partial charge is 0.163 e. The lowest BCUT2D eigenvalue weighted by molar-refractivity contribution is 0.132. The van der Waals surface area contributed by atoms with Crippen LogP contribution in [0.5, 0.6) is 11.5 Å². The molecule has 0 aliphatic rings. The Labute approximate surface area is 119 Å². The molecule has 0 fully saturated rings. The monoisotopic (exact) mass is 293 g/mol. The van der Waals surface area contributed by atoms with E-state index in [4.69, 9.17) is 15.2 Å². The molecule has 0 bridgehead atoms. The molecule has 1 aromatic carbocycles. The zero-order valence-electron chi connectivity index (χ0n) is 11.4. The third kappa shape index (κ3) is 4.23. The first-order valence-corrected chi connectivity index (χ1v) is 5.90. The molecule has 2 atom stereocenters. The number of rotatable bonds is 6. The van der Waals surface area contributed by atoms with Gasteiger partial charge in [-0.05, 0) is 12.5 Å². The van der Waals surface area contributed by atoms with E-state index in [9.17, 15) is 9.50 Å². The number of methoxy groups -OCH3 is 2. The van der Waals surface area contributed by atoms with Gasteiger partial charge in [-0.15, -0.1) is 12.4 Å². The zero-order valence-corrected chi connectivity index (χ0v) is 12.2. The summed E-state index contributed by atoms with van der Waals surface area (Å²) < 4.78 is 24.0. The fourth-order valence-electron chi connectivity index (χ4n) is 1.81. The minimum atomic E-state index is -0.775. The average molecular weight is 294 g/mol. The molecule has 4 nitrogen and oxygen atoms in total. The lowest BCUT2D eigenvalue weighted by atomic mass is 9.98. The summed E-state index contributed by atoms with van der Waals surface area (Å²) in [5.74, 6) is 0.194. The van der Waals surface area contributed by atoms with Crippen LogP contribution in [-0.2, 0) is 0 Å². The highest BCUT2D eigenvalue weighted by molar-refractivity contribution is 5.85. The highest BCUT2D eigenvalue weighted by Crippen LogP contribution is 2.33. The molecule has 0 aliphatic heterocycles. The van der Waals surface area contributed by atoms with E-state index in [-0.39, 0.29) is 18.0 Å². The molecule has 0 saturated heterocycles. The van der Waals surface area contributed by atoms with Gasteiger partial charge in [-0.25, -0.2) is 4.39 Å². The van der Waals surface area contributed by atoms with Gasteiger partial charge in [0.2, 0.25) is 0 Å². The Kier molecular flexibility index (Phi) is 7.75. The largest absolute Gasteiger partial charge is 0.493 e. The standard InChI is InChI=1S/C13H20FNO3.ClH/c1-4-5-10(16)13(15)8-6-11(17-2)12(18-3)7-9(8)14;/h6-7,10,13,16H,4-5,15H2,1-3H3;1H/t10-,13+;/m0./s1. The molecule has 6 heteroatoms. The fourth-order valence-corrected chi connectivity index (χ4v) is 1.81. The summed E-state index contributed by atoms with van der Waals surface area (Å²) in [6.07, 6.45) is 0.529. The zero-order chi connectivity index (χ0) is 13.7. The molecule has 0 aliphatic carbocycles. The van der Waals surface area contributed by atoms with Gasteiger partial charge in [0.05, 0.1) is 26.4 Å². The molecular weight excluding hydrogens is 273 g/mol. The molecule has 0 saturated carbocycles. The van der Waals surface area contributed by atoms with Gasteiger partial charge < -0.3 is 20.3 Å². The maximum Gasteiger partial charge on any atom is 0.163 e. The number of hydrogen-bond donors (Lipinski definition) is 2. The number of hydrogen-bond acceptors (Lipinski definition) is 4. The summed E-state index contributed by atoms with van der Waals surface area (Å²) in [5, 5.41) is 9.82. The van der Waals surface area contributed by atoms with E-state index >= 15 is 0 Å². The van der Waals surface area contributed by atoms with E-state index in [0.717, 1.165) is 6.42 Å². The number of nitrogens with two attached hydrogens (primary N) is 1. The Morgan fingerprint density at radius 1 is 1.26 bits per heavy atom. The molecule has 0 spiro atoms. The van der Waals surface area contributed by atoms with Crippen molar-refractivity contribution >= 4 is 12.4 Å². The molecule has 0 amide bonds. The minimum Gasteiger partial charge on any atom is -0.493 e. The second-order valence-corrected chi connectivity index (χ2v) is 4.11. The van der Waals surface area contributed by atoms with Crippen molar-refractivity contribution < 1.29 is 19.0 Å². The summed E-state index contributed by atoms with van der Waals surface area (Å²) in [7, 11) is 2.90. The number of halogens is 2. The second-order valence-electron chi connectivity index (χ2n) is 4.11. The van der Waals surface area contributed by atoms with Crippen LogP contribution in [0.25, 0.3) is 0 Å². The Balaban J connectivity index is 0.00000324. The van der Waals surface area contributed by atoms with Crippen LogP contribution < -0.4 is 15.2 Å². The summed E-state index contributed by atoms with van der Waals surface area (Å²) in [6.45, 7) is 1.93. The van der Waals surface area contributed by atoms with Crippen molar-refractivity contribution in [2.45, 2.75) is 31.9 Å². The van der Waals surface area contributed by atoms with Gasteiger partial charge in [-0.3, -0.25) is 0 Å². The normalized spacial score (nSPS) is 13.4. The molecule has 0 radical (unpaired) electrons. The number of aliphatic hydroxyl groups is 1. The topological polar surface area (TPSA) is 64.7 Å². The van der Waals surface area contributed by atoms with E-state index in [2.05, 4.69) is 0 Å². The summed E-state index contributed by atoms with van der Waals surface area (Å²) in [6, 6.07) is 1.91. The second kappa shape index (κ2) is 8.19. The van der Waals surface area contributed by atoms with Gasteiger partial charge >= 0.3 is 0 Å². The van der Waals surface area contributed by atoms with Crippen LogP contribution in [0.3, 0.4) is 0 Å². The lowest BCUT2D eigenvalue weighted by Crippen LogP contribution is -2.27. The van der Waals surface area contributed by atoms with Crippen LogP contribution in [-0.4, -0.2) is 25.4 Å².